The maximum atomic E-state index is 11.4. The Morgan fingerprint density at radius 2 is 1.92 bits per heavy atom. The van der Waals surface area contributed by atoms with Crippen LogP contribution in [-0.4, -0.2) is 96.6 Å². The molecule has 10 heteroatoms. The average molecular weight is 355 g/mol. The van der Waals surface area contributed by atoms with Gasteiger partial charge in [0.25, 0.3) is 0 Å². The summed E-state index contributed by atoms with van der Waals surface area (Å²) in [5.74, 6) is 1.44. The summed E-state index contributed by atoms with van der Waals surface area (Å²) in [6.07, 6.45) is 0. The molecule has 24 heavy (non-hydrogen) atoms. The zero-order valence-corrected chi connectivity index (χ0v) is 15.1. The first-order valence-corrected chi connectivity index (χ1v) is 9.74. The number of nitrogens with one attached hydrogen (secondary N) is 1. The van der Waals surface area contributed by atoms with Crippen LogP contribution in [-0.2, 0) is 33.4 Å². The summed E-state index contributed by atoms with van der Waals surface area (Å²) in [5, 5.41) is 11.3. The van der Waals surface area contributed by atoms with Gasteiger partial charge in [0, 0.05) is 54.1 Å². The fourth-order valence-electron chi connectivity index (χ4n) is 2.33. The average Bonchev–Trinajstić information content (AvgIpc) is 2.92. The van der Waals surface area contributed by atoms with Gasteiger partial charge in [0.05, 0.1) is 38.7 Å². The Kier molecular flexibility index (Phi) is 8.89. The van der Waals surface area contributed by atoms with Gasteiger partial charge in [-0.25, -0.2) is 0 Å². The van der Waals surface area contributed by atoms with Crippen molar-refractivity contribution in [2.75, 3.05) is 64.6 Å². The highest BCUT2D eigenvalue weighted by atomic mass is 32.2. The summed E-state index contributed by atoms with van der Waals surface area (Å²) in [6.45, 7) is 6.03. The molecule has 0 aromatic carbocycles. The van der Waals surface area contributed by atoms with E-state index in [0.29, 0.717) is 45.1 Å². The molecule has 1 aliphatic rings. The van der Waals surface area contributed by atoms with Crippen LogP contribution in [0.25, 0.3) is 0 Å². The van der Waals surface area contributed by atoms with E-state index in [1.54, 1.807) is 4.68 Å². The van der Waals surface area contributed by atoms with Crippen LogP contribution in [0.4, 0.5) is 0 Å². The van der Waals surface area contributed by atoms with Gasteiger partial charge in [0.1, 0.15) is 7.85 Å². The molecule has 1 aliphatic heterocycles. The zero-order chi connectivity index (χ0) is 17.2. The molecule has 1 aromatic rings. The molecular formula is C14H26BN5O3S. The Labute approximate surface area is 147 Å². The van der Waals surface area contributed by atoms with Crippen LogP contribution in [0.15, 0.2) is 0 Å². The highest BCUT2D eigenvalue weighted by Crippen LogP contribution is 2.04. The van der Waals surface area contributed by atoms with Gasteiger partial charge in [0.2, 0.25) is 0 Å². The number of rotatable bonds is 11. The van der Waals surface area contributed by atoms with Crippen molar-refractivity contribution in [3.8, 4) is 0 Å². The molecule has 0 saturated carbocycles. The van der Waals surface area contributed by atoms with Crippen molar-refractivity contribution in [3.05, 3.63) is 5.69 Å². The second-order valence-electron chi connectivity index (χ2n) is 5.60. The summed E-state index contributed by atoms with van der Waals surface area (Å²) >= 11 is 0. The van der Waals surface area contributed by atoms with Gasteiger partial charge in [0.15, 0.2) is 0 Å². The number of aromatic nitrogens is 3. The van der Waals surface area contributed by atoms with E-state index in [2.05, 4.69) is 20.5 Å². The standard InChI is InChI=1S/C14H26BN5O3S/c1-16-2-6-22-8-9-23-7-3-20-14(15)13(17-18-20)12-19-4-10-24(21)11-5-19/h16H,2-12H2,1H3. The SMILES string of the molecule is [B]c1c(CN2CCS(=O)CC2)nnn1CCOCCOCCNC. The molecule has 0 aliphatic carbocycles. The topological polar surface area (TPSA) is 81.5 Å². The van der Waals surface area contributed by atoms with Crippen molar-refractivity contribution >= 4 is 24.2 Å². The summed E-state index contributed by atoms with van der Waals surface area (Å²) in [4.78, 5) is 2.21. The predicted molar refractivity (Wildman–Crippen MR) is 94.1 cm³/mol. The quantitative estimate of drug-likeness (QED) is 0.359. The summed E-state index contributed by atoms with van der Waals surface area (Å²) in [7, 11) is 7.33. The van der Waals surface area contributed by atoms with Crippen LogP contribution in [0.3, 0.4) is 0 Å². The smallest absolute Gasteiger partial charge is 0.144 e. The highest BCUT2D eigenvalue weighted by molar-refractivity contribution is 7.85. The molecule has 0 unspecified atom stereocenters. The Morgan fingerprint density at radius 1 is 1.21 bits per heavy atom. The van der Waals surface area contributed by atoms with E-state index >= 15 is 0 Å². The molecule has 1 N–H and O–H groups in total. The Morgan fingerprint density at radius 3 is 2.62 bits per heavy atom. The number of nitrogens with zero attached hydrogens (tertiary/aromatic N) is 4. The number of likely N-dealkylation sites (N-methyl/N-ethyl adjacent to an activating group) is 1. The molecule has 2 rings (SSSR count). The van der Waals surface area contributed by atoms with E-state index in [9.17, 15) is 4.21 Å². The highest BCUT2D eigenvalue weighted by Gasteiger charge is 2.18. The molecule has 2 heterocycles. The van der Waals surface area contributed by atoms with Crippen LogP contribution < -0.4 is 10.9 Å². The Bertz CT molecular complexity index is 507. The Hall–Kier alpha value is -0.805. The van der Waals surface area contributed by atoms with Crippen molar-refractivity contribution < 1.29 is 13.7 Å². The fraction of sp³-hybridized carbons (Fsp3) is 0.857. The van der Waals surface area contributed by atoms with E-state index in [4.69, 9.17) is 17.3 Å². The zero-order valence-electron chi connectivity index (χ0n) is 14.3. The van der Waals surface area contributed by atoms with Crippen LogP contribution >= 0.6 is 0 Å². The first-order chi connectivity index (χ1) is 11.7. The van der Waals surface area contributed by atoms with E-state index in [0.717, 1.165) is 36.8 Å². The van der Waals surface area contributed by atoms with Crippen LogP contribution in [0, 0.1) is 0 Å². The minimum Gasteiger partial charge on any atom is -0.378 e. The van der Waals surface area contributed by atoms with Crippen molar-refractivity contribution in [2.24, 2.45) is 0 Å². The largest absolute Gasteiger partial charge is 0.378 e. The number of hydrogen-bond donors (Lipinski definition) is 1. The van der Waals surface area contributed by atoms with Crippen molar-refractivity contribution in [2.45, 2.75) is 13.1 Å². The number of ether oxygens (including phenoxy) is 2. The third-order valence-corrected chi connectivity index (χ3v) is 5.08. The lowest BCUT2D eigenvalue weighted by Crippen LogP contribution is -2.38. The van der Waals surface area contributed by atoms with E-state index < -0.39 is 10.8 Å². The molecule has 2 radical (unpaired) electrons. The lowest BCUT2D eigenvalue weighted by Gasteiger charge is -2.25. The Balaban J connectivity index is 1.64. The maximum Gasteiger partial charge on any atom is 0.144 e. The molecule has 134 valence electrons. The van der Waals surface area contributed by atoms with Gasteiger partial charge >= 0.3 is 0 Å². The fourth-order valence-corrected chi connectivity index (χ4v) is 3.45. The first-order valence-electron chi connectivity index (χ1n) is 8.26. The van der Waals surface area contributed by atoms with Crippen LogP contribution in [0.5, 0.6) is 0 Å². The molecule has 0 atom stereocenters. The second-order valence-corrected chi connectivity index (χ2v) is 7.29. The van der Waals surface area contributed by atoms with E-state index in [-0.39, 0.29) is 0 Å². The third-order valence-electron chi connectivity index (χ3n) is 3.81. The monoisotopic (exact) mass is 355 g/mol. The molecule has 1 saturated heterocycles. The van der Waals surface area contributed by atoms with Gasteiger partial charge in [-0.3, -0.25) is 13.8 Å². The van der Waals surface area contributed by atoms with Crippen molar-refractivity contribution in [1.29, 1.82) is 0 Å². The molecule has 8 nitrogen and oxygen atoms in total. The molecule has 0 bridgehead atoms. The van der Waals surface area contributed by atoms with Crippen LogP contribution in [0.2, 0.25) is 0 Å². The first kappa shape index (κ1) is 19.5. The predicted octanol–water partition coefficient (Wildman–Crippen LogP) is -2.11. The van der Waals surface area contributed by atoms with Crippen LogP contribution in [0.1, 0.15) is 5.69 Å². The van der Waals surface area contributed by atoms with Gasteiger partial charge < -0.3 is 14.8 Å². The number of hydrogen-bond acceptors (Lipinski definition) is 7. The van der Waals surface area contributed by atoms with E-state index in [1.165, 1.54) is 0 Å². The summed E-state index contributed by atoms with van der Waals surface area (Å²) in [5.41, 5.74) is 1.36. The molecule has 1 fully saturated rings. The molecular weight excluding hydrogens is 329 g/mol. The lowest BCUT2D eigenvalue weighted by molar-refractivity contribution is 0.0455. The van der Waals surface area contributed by atoms with Gasteiger partial charge in [-0.15, -0.1) is 5.10 Å². The normalized spacial score (nSPS) is 16.7. The molecule has 1 aromatic heterocycles. The second kappa shape index (κ2) is 10.9. The van der Waals surface area contributed by atoms with Gasteiger partial charge in [-0.05, 0) is 7.05 Å². The van der Waals surface area contributed by atoms with E-state index in [1.807, 2.05) is 7.05 Å². The molecule has 0 spiro atoms. The maximum absolute atomic E-state index is 11.4. The minimum absolute atomic E-state index is 0.519. The van der Waals surface area contributed by atoms with Crippen molar-refractivity contribution in [1.82, 2.24) is 25.2 Å². The summed E-state index contributed by atoms with van der Waals surface area (Å²) in [6, 6.07) is 0. The lowest BCUT2D eigenvalue weighted by atomic mass is 10.0. The van der Waals surface area contributed by atoms with Gasteiger partial charge in [-0.1, -0.05) is 5.21 Å². The minimum atomic E-state index is -0.673. The molecule has 0 amide bonds. The van der Waals surface area contributed by atoms with Crippen molar-refractivity contribution in [3.63, 3.8) is 0 Å². The van der Waals surface area contributed by atoms with Gasteiger partial charge in [-0.2, -0.15) is 0 Å². The summed E-state index contributed by atoms with van der Waals surface area (Å²) < 4.78 is 23.9. The third kappa shape index (κ3) is 6.60.